The molecule has 0 aliphatic carbocycles. The first-order chi connectivity index (χ1) is 6.36. The molecule has 0 amide bonds. The maximum Gasteiger partial charge on any atom is 0.120 e. The summed E-state index contributed by atoms with van der Waals surface area (Å²) in [5, 5.41) is 3.57. The van der Waals surface area contributed by atoms with E-state index in [1.54, 1.807) is 6.26 Å². The van der Waals surface area contributed by atoms with E-state index in [2.05, 4.69) is 12.2 Å². The van der Waals surface area contributed by atoms with Gasteiger partial charge in [-0.1, -0.05) is 0 Å². The van der Waals surface area contributed by atoms with Crippen LogP contribution in [0.4, 0.5) is 0 Å². The van der Waals surface area contributed by atoms with E-state index in [4.69, 9.17) is 4.42 Å². The Hall–Kier alpha value is -0.410. The third-order valence-electron chi connectivity index (χ3n) is 2.39. The molecule has 1 aliphatic rings. The highest BCUT2D eigenvalue weighted by atomic mass is 32.2. The number of nitrogens with one attached hydrogen (secondary N) is 1. The summed E-state index contributed by atoms with van der Waals surface area (Å²) >= 11 is 2.03. The molecule has 1 saturated heterocycles. The van der Waals surface area contributed by atoms with Crippen LogP contribution < -0.4 is 5.32 Å². The summed E-state index contributed by atoms with van der Waals surface area (Å²) in [6.45, 7) is 2.15. The van der Waals surface area contributed by atoms with E-state index < -0.39 is 0 Å². The largest absolute Gasteiger partial charge is 0.468 e. The van der Waals surface area contributed by atoms with Gasteiger partial charge in [-0.15, -0.1) is 0 Å². The molecule has 1 fully saturated rings. The van der Waals surface area contributed by atoms with Crippen molar-refractivity contribution in [3.63, 3.8) is 0 Å². The zero-order chi connectivity index (χ0) is 9.10. The standard InChI is InChI=1S/C10H15NOS/c1-8(10-3-2-5-12-10)11-9-4-6-13-7-9/h2-3,5,8-9,11H,4,6-7H2,1H3/t8-,9?/m0/s1. The van der Waals surface area contributed by atoms with E-state index in [1.165, 1.54) is 17.9 Å². The molecule has 0 aromatic carbocycles. The first-order valence-electron chi connectivity index (χ1n) is 4.73. The molecule has 0 radical (unpaired) electrons. The van der Waals surface area contributed by atoms with Gasteiger partial charge in [0.25, 0.3) is 0 Å². The van der Waals surface area contributed by atoms with E-state index in [9.17, 15) is 0 Å². The quantitative estimate of drug-likeness (QED) is 0.805. The van der Waals surface area contributed by atoms with Crippen molar-refractivity contribution in [3.05, 3.63) is 24.2 Å². The van der Waals surface area contributed by atoms with Crippen molar-refractivity contribution in [2.45, 2.75) is 25.4 Å². The molecule has 1 aliphatic heterocycles. The highest BCUT2D eigenvalue weighted by molar-refractivity contribution is 7.99. The maximum atomic E-state index is 5.34. The van der Waals surface area contributed by atoms with Crippen LogP contribution in [0.3, 0.4) is 0 Å². The summed E-state index contributed by atoms with van der Waals surface area (Å²) in [4.78, 5) is 0. The van der Waals surface area contributed by atoms with E-state index in [-0.39, 0.29) is 0 Å². The SMILES string of the molecule is C[C@H](NC1CCSC1)c1ccco1. The lowest BCUT2D eigenvalue weighted by Gasteiger charge is -2.16. The van der Waals surface area contributed by atoms with Gasteiger partial charge in [0.15, 0.2) is 0 Å². The van der Waals surface area contributed by atoms with Gasteiger partial charge in [-0.2, -0.15) is 11.8 Å². The van der Waals surface area contributed by atoms with Crippen LogP contribution in [0.15, 0.2) is 22.8 Å². The van der Waals surface area contributed by atoms with Gasteiger partial charge in [-0.25, -0.2) is 0 Å². The van der Waals surface area contributed by atoms with Gasteiger partial charge in [-0.05, 0) is 31.2 Å². The third kappa shape index (κ3) is 2.29. The first-order valence-corrected chi connectivity index (χ1v) is 5.89. The van der Waals surface area contributed by atoms with Gasteiger partial charge in [0.1, 0.15) is 5.76 Å². The third-order valence-corrected chi connectivity index (χ3v) is 3.55. The molecular formula is C10H15NOS. The zero-order valence-corrected chi connectivity index (χ0v) is 8.64. The van der Waals surface area contributed by atoms with Crippen LogP contribution in [0.25, 0.3) is 0 Å². The minimum Gasteiger partial charge on any atom is -0.468 e. The second-order valence-corrected chi connectivity index (χ2v) is 4.61. The molecule has 2 rings (SSSR count). The summed E-state index contributed by atoms with van der Waals surface area (Å²) in [5.74, 6) is 3.57. The molecule has 1 aromatic rings. The molecule has 0 saturated carbocycles. The van der Waals surface area contributed by atoms with Crippen molar-refractivity contribution in [1.29, 1.82) is 0 Å². The Morgan fingerprint density at radius 3 is 3.23 bits per heavy atom. The molecule has 1 N–H and O–H groups in total. The number of hydrogen-bond donors (Lipinski definition) is 1. The molecule has 3 heteroatoms. The number of furan rings is 1. The van der Waals surface area contributed by atoms with Gasteiger partial charge in [0, 0.05) is 11.8 Å². The van der Waals surface area contributed by atoms with Crippen molar-refractivity contribution in [1.82, 2.24) is 5.32 Å². The van der Waals surface area contributed by atoms with Crippen molar-refractivity contribution in [2.75, 3.05) is 11.5 Å². The van der Waals surface area contributed by atoms with Crippen LogP contribution in [0.1, 0.15) is 25.1 Å². The zero-order valence-electron chi connectivity index (χ0n) is 7.82. The van der Waals surface area contributed by atoms with Crippen LogP contribution >= 0.6 is 11.8 Å². The Morgan fingerprint density at radius 1 is 1.69 bits per heavy atom. The normalized spacial score (nSPS) is 24.8. The fourth-order valence-corrected chi connectivity index (χ4v) is 2.80. The molecule has 0 spiro atoms. The number of hydrogen-bond acceptors (Lipinski definition) is 3. The Balaban J connectivity index is 1.87. The Kier molecular flexibility index (Phi) is 2.96. The van der Waals surface area contributed by atoms with Crippen molar-refractivity contribution >= 4 is 11.8 Å². The molecule has 1 aromatic heterocycles. The average molecular weight is 197 g/mol. The fourth-order valence-electron chi connectivity index (χ4n) is 1.64. The Morgan fingerprint density at radius 2 is 2.62 bits per heavy atom. The van der Waals surface area contributed by atoms with E-state index in [1.807, 2.05) is 23.9 Å². The molecule has 13 heavy (non-hydrogen) atoms. The summed E-state index contributed by atoms with van der Waals surface area (Å²) < 4.78 is 5.34. The van der Waals surface area contributed by atoms with Crippen molar-refractivity contribution < 1.29 is 4.42 Å². The number of thioether (sulfide) groups is 1. The summed E-state index contributed by atoms with van der Waals surface area (Å²) in [7, 11) is 0. The monoisotopic (exact) mass is 197 g/mol. The molecule has 72 valence electrons. The molecule has 0 bridgehead atoms. The second kappa shape index (κ2) is 4.20. The van der Waals surface area contributed by atoms with Gasteiger partial charge >= 0.3 is 0 Å². The van der Waals surface area contributed by atoms with E-state index >= 15 is 0 Å². The smallest absolute Gasteiger partial charge is 0.120 e. The van der Waals surface area contributed by atoms with Crippen LogP contribution in [-0.4, -0.2) is 17.5 Å². The average Bonchev–Trinajstić information content (AvgIpc) is 2.74. The predicted octanol–water partition coefficient (Wildman–Crippen LogP) is 2.44. The predicted molar refractivity (Wildman–Crippen MR) is 56.0 cm³/mol. The molecule has 1 unspecified atom stereocenters. The molecule has 2 heterocycles. The molecule has 2 atom stereocenters. The second-order valence-electron chi connectivity index (χ2n) is 3.46. The summed E-state index contributed by atoms with van der Waals surface area (Å²) in [5.41, 5.74) is 0. The topological polar surface area (TPSA) is 25.2 Å². The van der Waals surface area contributed by atoms with Gasteiger partial charge in [0.05, 0.1) is 12.3 Å². The lowest BCUT2D eigenvalue weighted by Crippen LogP contribution is -2.30. The van der Waals surface area contributed by atoms with Crippen LogP contribution in [0, 0.1) is 0 Å². The maximum absolute atomic E-state index is 5.34. The summed E-state index contributed by atoms with van der Waals surface area (Å²) in [6.07, 6.45) is 3.02. The van der Waals surface area contributed by atoms with Crippen LogP contribution in [0.2, 0.25) is 0 Å². The minimum absolute atomic E-state index is 0.346. The van der Waals surface area contributed by atoms with Crippen molar-refractivity contribution in [3.8, 4) is 0 Å². The minimum atomic E-state index is 0.346. The highest BCUT2D eigenvalue weighted by Gasteiger charge is 2.18. The van der Waals surface area contributed by atoms with Gasteiger partial charge in [-0.3, -0.25) is 0 Å². The lowest BCUT2D eigenvalue weighted by molar-refractivity contribution is 0.401. The van der Waals surface area contributed by atoms with Crippen molar-refractivity contribution in [2.24, 2.45) is 0 Å². The van der Waals surface area contributed by atoms with Gasteiger partial charge < -0.3 is 9.73 Å². The lowest BCUT2D eigenvalue weighted by atomic mass is 10.2. The van der Waals surface area contributed by atoms with E-state index in [0.29, 0.717) is 12.1 Å². The van der Waals surface area contributed by atoms with Crippen LogP contribution in [0.5, 0.6) is 0 Å². The summed E-state index contributed by atoms with van der Waals surface area (Å²) in [6, 6.07) is 4.99. The van der Waals surface area contributed by atoms with Crippen LogP contribution in [-0.2, 0) is 0 Å². The highest BCUT2D eigenvalue weighted by Crippen LogP contribution is 2.21. The molecular weight excluding hydrogens is 182 g/mol. The Bertz CT molecular complexity index is 241. The van der Waals surface area contributed by atoms with Gasteiger partial charge in [0.2, 0.25) is 0 Å². The number of rotatable bonds is 3. The van der Waals surface area contributed by atoms with E-state index in [0.717, 1.165) is 5.76 Å². The molecule has 2 nitrogen and oxygen atoms in total. The first kappa shape index (κ1) is 9.16. The Labute approximate surface area is 83.1 Å². The fraction of sp³-hybridized carbons (Fsp3) is 0.600.